The summed E-state index contributed by atoms with van der Waals surface area (Å²) in [5, 5.41) is 1.16. The first-order chi connectivity index (χ1) is 20.5. The molecule has 0 spiro atoms. The van der Waals surface area contributed by atoms with Crippen LogP contribution in [0.2, 0.25) is 0 Å². The van der Waals surface area contributed by atoms with Gasteiger partial charge in [-0.05, 0) is 96.9 Å². The van der Waals surface area contributed by atoms with E-state index in [9.17, 15) is 4.79 Å². The standard InChI is InChI=1S/C23H26N2O4.C10H15NO2/c1-27-17-5-6-20-18(11-17)16(13-24-20)4-7-21-19-12-23(29-3)22(28-2)10-15(19)8-9-25(21)14-26;1-12-9-4-3-8(5-6-11)7-10(9)13-2/h5-6,10-14,21,24H,4,7-9H2,1-3H3;3-4,7H,5-6,11H2,1-2H3/t21-;/m0./s1. The number of aromatic nitrogens is 1. The van der Waals surface area contributed by atoms with E-state index in [1.54, 1.807) is 35.5 Å². The normalized spacial score (nSPS) is 14.0. The third-order valence-electron chi connectivity index (χ3n) is 7.72. The Labute approximate surface area is 247 Å². The molecule has 4 aromatic rings. The first-order valence-corrected chi connectivity index (χ1v) is 14.0. The molecule has 224 valence electrons. The number of carbonyl (C=O) groups excluding carboxylic acids is 1. The zero-order valence-corrected chi connectivity index (χ0v) is 25.1. The highest BCUT2D eigenvalue weighted by Crippen LogP contribution is 2.40. The highest BCUT2D eigenvalue weighted by molar-refractivity contribution is 5.84. The molecule has 3 N–H and O–H groups in total. The summed E-state index contributed by atoms with van der Waals surface area (Å²) in [5.41, 5.74) is 11.3. The summed E-state index contributed by atoms with van der Waals surface area (Å²) in [6, 6.07) is 15.9. The maximum atomic E-state index is 11.8. The van der Waals surface area contributed by atoms with Gasteiger partial charge in [-0.2, -0.15) is 0 Å². The Morgan fingerprint density at radius 3 is 2.24 bits per heavy atom. The van der Waals surface area contributed by atoms with Crippen molar-refractivity contribution in [2.24, 2.45) is 5.73 Å². The van der Waals surface area contributed by atoms with Crippen LogP contribution >= 0.6 is 0 Å². The van der Waals surface area contributed by atoms with Crippen molar-refractivity contribution in [1.82, 2.24) is 9.88 Å². The second-order valence-corrected chi connectivity index (χ2v) is 10.0. The summed E-state index contributed by atoms with van der Waals surface area (Å²) < 4.78 is 26.6. The van der Waals surface area contributed by atoms with E-state index in [0.717, 1.165) is 71.6 Å². The number of nitrogens with one attached hydrogen (secondary N) is 1. The van der Waals surface area contributed by atoms with Crippen LogP contribution in [0.1, 0.15) is 34.7 Å². The van der Waals surface area contributed by atoms with E-state index in [1.165, 1.54) is 16.7 Å². The SMILES string of the molecule is COc1ccc(CCN)cc1OC.COc1ccc2[nH]cc(CC[C@H]3c4cc(OC)c(OC)cc4CCN3C=O)c2c1. The largest absolute Gasteiger partial charge is 0.497 e. The Hall–Kier alpha value is -4.37. The molecule has 0 aliphatic carbocycles. The molecule has 1 amide bonds. The molecule has 0 unspecified atom stereocenters. The number of rotatable bonds is 11. The molecule has 1 atom stereocenters. The van der Waals surface area contributed by atoms with Crippen LogP contribution in [0.3, 0.4) is 0 Å². The average molecular weight is 576 g/mol. The lowest BCUT2D eigenvalue weighted by Gasteiger charge is -2.35. The van der Waals surface area contributed by atoms with Crippen LogP contribution in [0.15, 0.2) is 54.7 Å². The maximum absolute atomic E-state index is 11.8. The van der Waals surface area contributed by atoms with Crippen LogP contribution in [0.25, 0.3) is 10.9 Å². The number of fused-ring (bicyclic) bond motifs is 2. The number of ether oxygens (including phenoxy) is 5. The zero-order chi connectivity index (χ0) is 30.1. The highest BCUT2D eigenvalue weighted by atomic mass is 16.5. The van der Waals surface area contributed by atoms with Gasteiger partial charge in [0.25, 0.3) is 0 Å². The van der Waals surface area contributed by atoms with Gasteiger partial charge in [0.1, 0.15) is 5.75 Å². The molecular weight excluding hydrogens is 534 g/mol. The van der Waals surface area contributed by atoms with E-state index in [-0.39, 0.29) is 6.04 Å². The van der Waals surface area contributed by atoms with E-state index >= 15 is 0 Å². The number of aromatic amines is 1. The van der Waals surface area contributed by atoms with Gasteiger partial charge in [-0.25, -0.2) is 0 Å². The molecule has 0 saturated carbocycles. The van der Waals surface area contributed by atoms with Crippen molar-refractivity contribution >= 4 is 17.3 Å². The van der Waals surface area contributed by atoms with Gasteiger partial charge in [0.2, 0.25) is 6.41 Å². The van der Waals surface area contributed by atoms with Crippen LogP contribution in [0, 0.1) is 0 Å². The van der Waals surface area contributed by atoms with E-state index < -0.39 is 0 Å². The van der Waals surface area contributed by atoms with Crippen molar-refractivity contribution in [3.05, 3.63) is 77.0 Å². The summed E-state index contributed by atoms with van der Waals surface area (Å²) in [4.78, 5) is 17.0. The summed E-state index contributed by atoms with van der Waals surface area (Å²) >= 11 is 0. The Morgan fingerprint density at radius 1 is 0.857 bits per heavy atom. The first-order valence-electron chi connectivity index (χ1n) is 14.0. The molecule has 9 heteroatoms. The fourth-order valence-corrected chi connectivity index (χ4v) is 5.48. The van der Waals surface area contributed by atoms with Crippen LogP contribution in [-0.4, -0.2) is 64.9 Å². The third-order valence-corrected chi connectivity index (χ3v) is 7.72. The van der Waals surface area contributed by atoms with Gasteiger partial charge >= 0.3 is 0 Å². The van der Waals surface area contributed by atoms with Crippen molar-refractivity contribution < 1.29 is 28.5 Å². The molecule has 0 fully saturated rings. The molecule has 0 saturated heterocycles. The van der Waals surface area contributed by atoms with E-state index in [0.29, 0.717) is 18.8 Å². The van der Waals surface area contributed by atoms with Gasteiger partial charge in [-0.15, -0.1) is 0 Å². The molecule has 1 aliphatic rings. The van der Waals surface area contributed by atoms with Gasteiger partial charge in [0, 0.05) is 23.6 Å². The molecule has 2 heterocycles. The van der Waals surface area contributed by atoms with E-state index in [1.807, 2.05) is 53.6 Å². The van der Waals surface area contributed by atoms with Crippen molar-refractivity contribution in [2.45, 2.75) is 31.7 Å². The van der Waals surface area contributed by atoms with E-state index in [4.69, 9.17) is 29.4 Å². The molecule has 9 nitrogen and oxygen atoms in total. The Balaban J connectivity index is 0.000000262. The second-order valence-electron chi connectivity index (χ2n) is 10.0. The predicted molar refractivity (Wildman–Crippen MR) is 164 cm³/mol. The van der Waals surface area contributed by atoms with Gasteiger partial charge in [0.05, 0.1) is 41.6 Å². The topological polar surface area (TPSA) is 108 Å². The number of hydrogen-bond acceptors (Lipinski definition) is 7. The summed E-state index contributed by atoms with van der Waals surface area (Å²) in [7, 11) is 8.22. The summed E-state index contributed by atoms with van der Waals surface area (Å²) in [6.07, 6.45) is 6.35. The predicted octanol–water partition coefficient (Wildman–Crippen LogP) is 5.09. The molecule has 0 radical (unpaired) electrons. The van der Waals surface area contributed by atoms with Crippen molar-refractivity contribution in [2.75, 3.05) is 48.6 Å². The molecule has 1 aromatic heterocycles. The lowest BCUT2D eigenvalue weighted by molar-refractivity contribution is -0.120. The Bertz CT molecular complexity index is 1480. The third kappa shape index (κ3) is 6.74. The molecular formula is C33H41N3O6. The summed E-state index contributed by atoms with van der Waals surface area (Å²) in [6.45, 7) is 1.36. The fraction of sp³-hybridized carbons (Fsp3) is 0.364. The maximum Gasteiger partial charge on any atom is 0.210 e. The molecule has 0 bridgehead atoms. The lowest BCUT2D eigenvalue weighted by atomic mass is 9.88. The first kappa shape index (κ1) is 30.6. The molecule has 1 aliphatic heterocycles. The second kappa shape index (κ2) is 14.5. The molecule has 3 aromatic carbocycles. The minimum absolute atomic E-state index is 0.00612. The van der Waals surface area contributed by atoms with Crippen molar-refractivity contribution in [1.29, 1.82) is 0 Å². The van der Waals surface area contributed by atoms with Gasteiger partial charge in [-0.3, -0.25) is 4.79 Å². The number of aryl methyl sites for hydroxylation is 1. The van der Waals surface area contributed by atoms with Crippen LogP contribution in [0.5, 0.6) is 28.7 Å². The van der Waals surface area contributed by atoms with Crippen LogP contribution in [-0.2, 0) is 24.1 Å². The number of nitrogens with two attached hydrogens (primary N) is 1. The molecule has 42 heavy (non-hydrogen) atoms. The number of carbonyl (C=O) groups is 1. The van der Waals surface area contributed by atoms with E-state index in [2.05, 4.69) is 11.1 Å². The van der Waals surface area contributed by atoms with Gasteiger partial charge in [0.15, 0.2) is 23.0 Å². The number of H-pyrrole nitrogens is 1. The fourth-order valence-electron chi connectivity index (χ4n) is 5.48. The van der Waals surface area contributed by atoms with Crippen molar-refractivity contribution in [3.8, 4) is 28.7 Å². The monoisotopic (exact) mass is 575 g/mol. The van der Waals surface area contributed by atoms with Crippen molar-refractivity contribution in [3.63, 3.8) is 0 Å². The minimum Gasteiger partial charge on any atom is -0.497 e. The number of nitrogens with zero attached hydrogens (tertiary/aromatic N) is 1. The lowest BCUT2D eigenvalue weighted by Crippen LogP contribution is -2.34. The molecule has 5 rings (SSSR count). The Kier molecular flexibility index (Phi) is 10.6. The average Bonchev–Trinajstić information content (AvgIpc) is 3.45. The van der Waals surface area contributed by atoms with Gasteiger partial charge < -0.3 is 39.3 Å². The number of hydrogen-bond donors (Lipinski definition) is 2. The smallest absolute Gasteiger partial charge is 0.210 e. The number of amides is 1. The quantitative estimate of drug-likeness (QED) is 0.240. The number of methoxy groups -OCH3 is 5. The Morgan fingerprint density at radius 2 is 1.57 bits per heavy atom. The zero-order valence-electron chi connectivity index (χ0n) is 25.1. The van der Waals surface area contributed by atoms with Gasteiger partial charge in [-0.1, -0.05) is 6.07 Å². The minimum atomic E-state index is 0.00612. The highest BCUT2D eigenvalue weighted by Gasteiger charge is 2.28. The summed E-state index contributed by atoms with van der Waals surface area (Å²) in [5.74, 6) is 3.78. The van der Waals surface area contributed by atoms with Crippen LogP contribution < -0.4 is 29.4 Å². The van der Waals surface area contributed by atoms with Crippen LogP contribution in [0.4, 0.5) is 0 Å². The number of benzene rings is 3.